The van der Waals surface area contributed by atoms with E-state index in [9.17, 15) is 22.4 Å². The number of aryl methyl sites for hydroxylation is 1. The quantitative estimate of drug-likeness (QED) is 0.412. The van der Waals surface area contributed by atoms with E-state index in [1.165, 1.54) is 40.7 Å². The summed E-state index contributed by atoms with van der Waals surface area (Å²) in [5, 5.41) is 0. The molecule has 0 aliphatic carbocycles. The van der Waals surface area contributed by atoms with Gasteiger partial charge < -0.3 is 9.15 Å². The number of rotatable bonds is 6. The molecule has 0 saturated carbocycles. The van der Waals surface area contributed by atoms with Gasteiger partial charge in [-0.2, -0.15) is 0 Å². The van der Waals surface area contributed by atoms with Gasteiger partial charge in [0.15, 0.2) is 12.4 Å². The monoisotopic (exact) mass is 457 g/mol. The fourth-order valence-electron chi connectivity index (χ4n) is 3.58. The lowest BCUT2D eigenvalue weighted by Crippen LogP contribution is -2.34. The molecule has 32 heavy (non-hydrogen) atoms. The van der Waals surface area contributed by atoms with Crippen molar-refractivity contribution < 1.29 is 31.6 Å². The van der Waals surface area contributed by atoms with Gasteiger partial charge in [-0.05, 0) is 73.0 Å². The number of ether oxygens (including phenoxy) is 1. The predicted molar refractivity (Wildman–Crippen MR) is 116 cm³/mol. The number of esters is 1. The predicted octanol–water partition coefficient (Wildman–Crippen LogP) is 3.84. The van der Waals surface area contributed by atoms with Gasteiger partial charge in [-0.3, -0.25) is 9.10 Å². The standard InChI is InChI=1S/C23H20FNO6S/c1-32(28,29)25-12-2-3-16-13-17(6-9-19(16)25)20(26)14-30-23(27)22-11-10-21(31-22)15-4-7-18(24)8-5-15/h4-11,13H,2-3,12,14H2,1H3. The minimum absolute atomic E-state index is 0.0774. The molecule has 0 atom stereocenters. The van der Waals surface area contributed by atoms with Crippen molar-refractivity contribution in [2.75, 3.05) is 23.7 Å². The number of hydrogen-bond acceptors (Lipinski definition) is 6. The molecule has 0 N–H and O–H groups in total. The zero-order valence-corrected chi connectivity index (χ0v) is 18.0. The van der Waals surface area contributed by atoms with E-state index < -0.39 is 28.4 Å². The molecule has 1 aliphatic rings. The third-order valence-corrected chi connectivity index (χ3v) is 6.33. The number of ketones is 1. The molecule has 1 aliphatic heterocycles. The number of fused-ring (bicyclic) bond motifs is 1. The first-order chi connectivity index (χ1) is 15.2. The van der Waals surface area contributed by atoms with E-state index in [-0.39, 0.29) is 11.6 Å². The molecule has 166 valence electrons. The first kappa shape index (κ1) is 21.8. The van der Waals surface area contributed by atoms with E-state index >= 15 is 0 Å². The smallest absolute Gasteiger partial charge is 0.374 e. The Morgan fingerprint density at radius 3 is 2.56 bits per heavy atom. The number of benzene rings is 2. The van der Waals surface area contributed by atoms with E-state index in [0.717, 1.165) is 11.8 Å². The van der Waals surface area contributed by atoms with Gasteiger partial charge in [0.25, 0.3) is 0 Å². The van der Waals surface area contributed by atoms with Crippen molar-refractivity contribution in [3.63, 3.8) is 0 Å². The maximum atomic E-state index is 13.1. The molecule has 0 radical (unpaired) electrons. The van der Waals surface area contributed by atoms with Crippen molar-refractivity contribution >= 4 is 27.5 Å². The number of furan rings is 1. The topological polar surface area (TPSA) is 93.9 Å². The fraction of sp³-hybridized carbons (Fsp3) is 0.217. The van der Waals surface area contributed by atoms with Crippen molar-refractivity contribution in [3.05, 3.63) is 77.3 Å². The van der Waals surface area contributed by atoms with E-state index in [4.69, 9.17) is 9.15 Å². The summed E-state index contributed by atoms with van der Waals surface area (Å²) in [7, 11) is -3.39. The van der Waals surface area contributed by atoms with Crippen LogP contribution < -0.4 is 4.31 Å². The molecule has 2 heterocycles. The summed E-state index contributed by atoms with van der Waals surface area (Å²) in [6.07, 6.45) is 2.46. The lowest BCUT2D eigenvalue weighted by molar-refractivity contribution is 0.0445. The minimum atomic E-state index is -3.39. The van der Waals surface area contributed by atoms with Crippen LogP contribution in [0.5, 0.6) is 0 Å². The third kappa shape index (κ3) is 4.57. The average molecular weight is 457 g/mol. The zero-order chi connectivity index (χ0) is 22.9. The fourth-order valence-corrected chi connectivity index (χ4v) is 4.58. The third-order valence-electron chi connectivity index (χ3n) is 5.15. The van der Waals surface area contributed by atoms with Crippen LogP contribution in [-0.2, 0) is 21.2 Å². The normalized spacial score (nSPS) is 13.5. The summed E-state index contributed by atoms with van der Waals surface area (Å²) < 4.78 is 48.8. The van der Waals surface area contributed by atoms with Crippen LogP contribution in [0.2, 0.25) is 0 Å². The summed E-state index contributed by atoms with van der Waals surface area (Å²) in [5.74, 6) is -1.31. The van der Waals surface area contributed by atoms with Crippen LogP contribution >= 0.6 is 0 Å². The molecule has 0 fully saturated rings. The Morgan fingerprint density at radius 2 is 1.84 bits per heavy atom. The van der Waals surface area contributed by atoms with Crippen LogP contribution in [0.1, 0.15) is 32.9 Å². The lowest BCUT2D eigenvalue weighted by Gasteiger charge is -2.29. The van der Waals surface area contributed by atoms with Crippen molar-refractivity contribution in [2.45, 2.75) is 12.8 Å². The molecule has 0 amide bonds. The second-order valence-corrected chi connectivity index (χ2v) is 9.36. The molecule has 3 aromatic rings. The molecule has 0 unspecified atom stereocenters. The molecule has 2 aromatic carbocycles. The molecule has 0 saturated heterocycles. The van der Waals surface area contributed by atoms with E-state index in [0.29, 0.717) is 42.0 Å². The highest BCUT2D eigenvalue weighted by atomic mass is 32.2. The van der Waals surface area contributed by atoms with E-state index in [1.807, 2.05) is 0 Å². The molecule has 9 heteroatoms. The Bertz CT molecular complexity index is 1280. The van der Waals surface area contributed by atoms with Crippen LogP contribution in [-0.4, -0.2) is 39.6 Å². The Hall–Kier alpha value is -3.46. The number of carbonyl (C=O) groups is 2. The summed E-state index contributed by atoms with van der Waals surface area (Å²) in [6.45, 7) is -0.0835. The van der Waals surface area contributed by atoms with Crippen molar-refractivity contribution in [1.29, 1.82) is 0 Å². The number of nitrogens with zero attached hydrogens (tertiary/aromatic N) is 1. The van der Waals surface area contributed by atoms with E-state index in [2.05, 4.69) is 0 Å². The maximum absolute atomic E-state index is 13.1. The van der Waals surface area contributed by atoms with Crippen molar-refractivity contribution in [3.8, 4) is 11.3 Å². The highest BCUT2D eigenvalue weighted by molar-refractivity contribution is 7.92. The van der Waals surface area contributed by atoms with Gasteiger partial charge in [-0.25, -0.2) is 17.6 Å². The molecule has 0 spiro atoms. The Kier molecular flexibility index (Phi) is 5.84. The first-order valence-corrected chi connectivity index (χ1v) is 11.7. The van der Waals surface area contributed by atoms with Crippen LogP contribution in [0.25, 0.3) is 11.3 Å². The van der Waals surface area contributed by atoms with Crippen LogP contribution in [0.4, 0.5) is 10.1 Å². The average Bonchev–Trinajstić information content (AvgIpc) is 3.26. The summed E-state index contributed by atoms with van der Waals surface area (Å²) >= 11 is 0. The lowest BCUT2D eigenvalue weighted by atomic mass is 9.99. The number of sulfonamides is 1. The van der Waals surface area contributed by atoms with Gasteiger partial charge in [0, 0.05) is 17.7 Å². The van der Waals surface area contributed by atoms with Gasteiger partial charge in [0.1, 0.15) is 11.6 Å². The summed E-state index contributed by atoms with van der Waals surface area (Å²) in [4.78, 5) is 24.8. The van der Waals surface area contributed by atoms with Gasteiger partial charge in [-0.15, -0.1) is 0 Å². The van der Waals surface area contributed by atoms with Gasteiger partial charge in [0.2, 0.25) is 15.8 Å². The van der Waals surface area contributed by atoms with Crippen LogP contribution in [0.3, 0.4) is 0 Å². The molecule has 0 bridgehead atoms. The Balaban J connectivity index is 1.42. The van der Waals surface area contributed by atoms with Gasteiger partial charge >= 0.3 is 5.97 Å². The summed E-state index contributed by atoms with van der Waals surface area (Å²) in [5.41, 5.74) is 2.25. The number of hydrogen-bond donors (Lipinski definition) is 0. The largest absolute Gasteiger partial charge is 0.451 e. The van der Waals surface area contributed by atoms with Crippen molar-refractivity contribution in [2.24, 2.45) is 0 Å². The maximum Gasteiger partial charge on any atom is 0.374 e. The van der Waals surface area contributed by atoms with Crippen LogP contribution in [0, 0.1) is 5.82 Å². The van der Waals surface area contributed by atoms with E-state index in [1.54, 1.807) is 18.2 Å². The van der Waals surface area contributed by atoms with Gasteiger partial charge in [-0.1, -0.05) is 0 Å². The number of halogens is 1. The highest BCUT2D eigenvalue weighted by Crippen LogP contribution is 2.30. The first-order valence-electron chi connectivity index (χ1n) is 9.89. The molecular formula is C23H20FNO6S. The number of carbonyl (C=O) groups excluding carboxylic acids is 2. The minimum Gasteiger partial charge on any atom is -0.451 e. The number of Topliss-reactive ketones (excluding diaryl/α,β-unsaturated/α-hetero) is 1. The highest BCUT2D eigenvalue weighted by Gasteiger charge is 2.25. The Morgan fingerprint density at radius 1 is 1.09 bits per heavy atom. The molecule has 1 aromatic heterocycles. The number of anilines is 1. The summed E-state index contributed by atoms with van der Waals surface area (Å²) in [6, 6.07) is 13.4. The molecule has 4 rings (SSSR count). The second kappa shape index (κ2) is 8.58. The molecular weight excluding hydrogens is 437 g/mol. The van der Waals surface area contributed by atoms with Gasteiger partial charge in [0.05, 0.1) is 11.9 Å². The SMILES string of the molecule is CS(=O)(=O)N1CCCc2cc(C(=O)COC(=O)c3ccc(-c4ccc(F)cc4)o3)ccc21. The zero-order valence-electron chi connectivity index (χ0n) is 17.2. The van der Waals surface area contributed by atoms with Crippen molar-refractivity contribution in [1.82, 2.24) is 0 Å². The molecule has 7 nitrogen and oxygen atoms in total. The van der Waals surface area contributed by atoms with Crippen LogP contribution in [0.15, 0.2) is 59.0 Å². The second-order valence-electron chi connectivity index (χ2n) is 7.45. The Labute approximate surface area is 184 Å².